The van der Waals surface area contributed by atoms with E-state index in [1.165, 1.54) is 0 Å². The van der Waals surface area contributed by atoms with Crippen molar-refractivity contribution in [3.63, 3.8) is 0 Å². The molecule has 5 heteroatoms. The van der Waals surface area contributed by atoms with Crippen LogP contribution in [0.2, 0.25) is 0 Å². The highest BCUT2D eigenvalue weighted by Crippen LogP contribution is 2.22. The Morgan fingerprint density at radius 2 is 2.22 bits per heavy atom. The molecule has 1 rings (SSSR count). The summed E-state index contributed by atoms with van der Waals surface area (Å²) in [7, 11) is 4.01. The fourth-order valence-electron chi connectivity index (χ4n) is 1.77. The van der Waals surface area contributed by atoms with E-state index in [0.29, 0.717) is 6.42 Å². The summed E-state index contributed by atoms with van der Waals surface area (Å²) >= 11 is 0. The van der Waals surface area contributed by atoms with Gasteiger partial charge >= 0.3 is 5.97 Å². The molecule has 1 heterocycles. The summed E-state index contributed by atoms with van der Waals surface area (Å²) in [6.45, 7) is 5.21. The highest BCUT2D eigenvalue weighted by atomic mass is 16.4. The van der Waals surface area contributed by atoms with Gasteiger partial charge in [0.1, 0.15) is 5.82 Å². The quantitative estimate of drug-likeness (QED) is 0.804. The number of nitrogens with zero attached hydrogens (tertiary/aromatic N) is 3. The van der Waals surface area contributed by atoms with Crippen LogP contribution in [0.25, 0.3) is 0 Å². The van der Waals surface area contributed by atoms with Crippen LogP contribution in [0.3, 0.4) is 0 Å². The third-order valence-corrected chi connectivity index (χ3v) is 3.25. The Morgan fingerprint density at radius 1 is 1.56 bits per heavy atom. The van der Waals surface area contributed by atoms with Crippen LogP contribution in [-0.4, -0.2) is 39.1 Å². The molecule has 0 aromatic carbocycles. The van der Waals surface area contributed by atoms with E-state index in [4.69, 9.17) is 5.11 Å². The van der Waals surface area contributed by atoms with Crippen molar-refractivity contribution in [1.82, 2.24) is 14.5 Å². The first-order valence-corrected chi connectivity index (χ1v) is 6.21. The van der Waals surface area contributed by atoms with Crippen molar-refractivity contribution >= 4 is 5.97 Å². The van der Waals surface area contributed by atoms with Gasteiger partial charge in [0, 0.05) is 19.4 Å². The summed E-state index contributed by atoms with van der Waals surface area (Å²) in [5.41, 5.74) is -0.635. The summed E-state index contributed by atoms with van der Waals surface area (Å²) in [4.78, 5) is 17.4. The van der Waals surface area contributed by atoms with Gasteiger partial charge in [0.15, 0.2) is 0 Å². The number of imidazole rings is 1. The number of aromatic nitrogens is 2. The molecule has 0 amide bonds. The van der Waals surface area contributed by atoms with Gasteiger partial charge < -0.3 is 9.67 Å². The number of carbonyl (C=O) groups is 1. The van der Waals surface area contributed by atoms with Crippen LogP contribution in [-0.2, 0) is 18.4 Å². The van der Waals surface area contributed by atoms with Gasteiger partial charge in [-0.2, -0.15) is 0 Å². The molecule has 0 saturated carbocycles. The van der Waals surface area contributed by atoms with Crippen LogP contribution in [0.4, 0.5) is 0 Å². The zero-order valence-corrected chi connectivity index (χ0v) is 11.7. The minimum Gasteiger partial charge on any atom is -0.481 e. The second kappa shape index (κ2) is 6.00. The van der Waals surface area contributed by atoms with Crippen LogP contribution in [0.1, 0.15) is 32.5 Å². The SMILES string of the molecule is CN(CCCC(C)(C)C(=O)O)Cc1nccn1C. The normalized spacial score (nSPS) is 12.1. The average molecular weight is 253 g/mol. The molecule has 0 bridgehead atoms. The van der Waals surface area contributed by atoms with Crippen molar-refractivity contribution < 1.29 is 9.90 Å². The molecule has 5 nitrogen and oxygen atoms in total. The van der Waals surface area contributed by atoms with Gasteiger partial charge in [-0.25, -0.2) is 4.98 Å². The van der Waals surface area contributed by atoms with Gasteiger partial charge in [0.25, 0.3) is 0 Å². The summed E-state index contributed by atoms with van der Waals surface area (Å²) in [5, 5.41) is 9.02. The number of carboxylic acids is 1. The molecule has 0 aliphatic rings. The number of rotatable bonds is 7. The molecule has 1 aromatic heterocycles. The monoisotopic (exact) mass is 253 g/mol. The Labute approximate surface area is 108 Å². The largest absolute Gasteiger partial charge is 0.481 e. The molecule has 0 unspecified atom stereocenters. The highest BCUT2D eigenvalue weighted by molar-refractivity contribution is 5.73. The van der Waals surface area contributed by atoms with Crippen LogP contribution >= 0.6 is 0 Å². The molecule has 1 aromatic rings. The maximum absolute atomic E-state index is 11.0. The van der Waals surface area contributed by atoms with E-state index in [9.17, 15) is 4.79 Å². The lowest BCUT2D eigenvalue weighted by atomic mass is 9.88. The maximum Gasteiger partial charge on any atom is 0.309 e. The van der Waals surface area contributed by atoms with Gasteiger partial charge in [-0.3, -0.25) is 9.69 Å². The summed E-state index contributed by atoms with van der Waals surface area (Å²) in [6.07, 6.45) is 5.28. The summed E-state index contributed by atoms with van der Waals surface area (Å²) in [6, 6.07) is 0. The van der Waals surface area contributed by atoms with E-state index in [1.807, 2.05) is 24.9 Å². The van der Waals surface area contributed by atoms with E-state index < -0.39 is 11.4 Å². The number of hydrogen-bond donors (Lipinski definition) is 1. The Balaban J connectivity index is 2.32. The Hall–Kier alpha value is -1.36. The van der Waals surface area contributed by atoms with E-state index >= 15 is 0 Å². The van der Waals surface area contributed by atoms with Gasteiger partial charge in [-0.05, 0) is 40.3 Å². The van der Waals surface area contributed by atoms with Gasteiger partial charge in [0.05, 0.1) is 12.0 Å². The Morgan fingerprint density at radius 3 is 2.72 bits per heavy atom. The van der Waals surface area contributed by atoms with Gasteiger partial charge in [-0.1, -0.05) is 0 Å². The zero-order valence-electron chi connectivity index (χ0n) is 11.7. The Bertz CT molecular complexity index is 399. The second-order valence-corrected chi connectivity index (χ2v) is 5.48. The van der Waals surface area contributed by atoms with Crippen molar-refractivity contribution in [2.45, 2.75) is 33.2 Å². The maximum atomic E-state index is 11.0. The standard InChI is InChI=1S/C13H23N3O2/c1-13(2,12(17)18)6-5-8-15(3)10-11-14-7-9-16(11)4/h7,9H,5-6,8,10H2,1-4H3,(H,17,18). The fraction of sp³-hybridized carbons (Fsp3) is 0.692. The minimum atomic E-state index is -0.728. The third-order valence-electron chi connectivity index (χ3n) is 3.25. The molecular formula is C13H23N3O2. The number of aliphatic carboxylic acids is 1. The number of aryl methyl sites for hydroxylation is 1. The van der Waals surface area contributed by atoms with Crippen LogP contribution in [0, 0.1) is 5.41 Å². The van der Waals surface area contributed by atoms with Crippen LogP contribution in [0.5, 0.6) is 0 Å². The Kier molecular flexibility index (Phi) is 4.90. The first-order valence-electron chi connectivity index (χ1n) is 6.21. The lowest BCUT2D eigenvalue weighted by molar-refractivity contribution is -0.147. The van der Waals surface area contributed by atoms with Crippen molar-refractivity contribution in [2.24, 2.45) is 12.5 Å². The van der Waals surface area contributed by atoms with Crippen LogP contribution in [0.15, 0.2) is 12.4 Å². The third kappa shape index (κ3) is 4.14. The molecule has 18 heavy (non-hydrogen) atoms. The predicted octanol–water partition coefficient (Wildman–Crippen LogP) is 1.74. The van der Waals surface area contributed by atoms with Crippen molar-refractivity contribution in [2.75, 3.05) is 13.6 Å². The molecular weight excluding hydrogens is 230 g/mol. The van der Waals surface area contributed by atoms with Gasteiger partial charge in [0.2, 0.25) is 0 Å². The molecule has 102 valence electrons. The second-order valence-electron chi connectivity index (χ2n) is 5.48. The fourth-order valence-corrected chi connectivity index (χ4v) is 1.77. The van der Waals surface area contributed by atoms with Gasteiger partial charge in [-0.15, -0.1) is 0 Å². The molecule has 0 radical (unpaired) electrons. The summed E-state index contributed by atoms with van der Waals surface area (Å²) in [5.74, 6) is 0.296. The molecule has 0 aliphatic carbocycles. The molecule has 1 N–H and O–H groups in total. The molecule has 0 saturated heterocycles. The number of hydrogen-bond acceptors (Lipinski definition) is 3. The minimum absolute atomic E-state index is 0.635. The molecule has 0 fully saturated rings. The molecule has 0 spiro atoms. The first-order chi connectivity index (χ1) is 8.33. The van der Waals surface area contributed by atoms with E-state index in [2.05, 4.69) is 9.88 Å². The molecule has 0 atom stereocenters. The topological polar surface area (TPSA) is 58.4 Å². The predicted molar refractivity (Wildman–Crippen MR) is 70.2 cm³/mol. The number of carboxylic acid groups (broad SMARTS) is 1. The zero-order chi connectivity index (χ0) is 13.8. The van der Waals surface area contributed by atoms with Crippen molar-refractivity contribution in [1.29, 1.82) is 0 Å². The highest BCUT2D eigenvalue weighted by Gasteiger charge is 2.26. The average Bonchev–Trinajstić information content (AvgIpc) is 2.64. The smallest absolute Gasteiger partial charge is 0.309 e. The lowest BCUT2D eigenvalue weighted by Gasteiger charge is -2.21. The first kappa shape index (κ1) is 14.7. The van der Waals surface area contributed by atoms with E-state index in [0.717, 1.165) is 25.3 Å². The van der Waals surface area contributed by atoms with E-state index in [1.54, 1.807) is 20.0 Å². The summed E-state index contributed by atoms with van der Waals surface area (Å²) < 4.78 is 2.00. The van der Waals surface area contributed by atoms with Crippen LogP contribution < -0.4 is 0 Å². The van der Waals surface area contributed by atoms with Crippen molar-refractivity contribution in [3.8, 4) is 0 Å². The lowest BCUT2D eigenvalue weighted by Crippen LogP contribution is -2.26. The molecule has 0 aliphatic heterocycles. The van der Waals surface area contributed by atoms with E-state index in [-0.39, 0.29) is 0 Å². The van der Waals surface area contributed by atoms with Crippen molar-refractivity contribution in [3.05, 3.63) is 18.2 Å².